The van der Waals surface area contributed by atoms with Crippen molar-refractivity contribution in [3.63, 3.8) is 0 Å². The third-order valence-corrected chi connectivity index (χ3v) is 4.95. The molecule has 24 heavy (non-hydrogen) atoms. The summed E-state index contributed by atoms with van der Waals surface area (Å²) in [7, 11) is 4.49. The summed E-state index contributed by atoms with van der Waals surface area (Å²) in [6, 6.07) is 0. The van der Waals surface area contributed by atoms with E-state index in [1.54, 1.807) is 6.92 Å². The summed E-state index contributed by atoms with van der Waals surface area (Å²) in [4.78, 5) is 13.1. The lowest BCUT2D eigenvalue weighted by Gasteiger charge is -2.45. The average Bonchev–Trinajstić information content (AvgIpc) is 3.42. The molecule has 0 aliphatic carbocycles. The number of hydrogen-bond donors (Lipinski definition) is 0. The van der Waals surface area contributed by atoms with Gasteiger partial charge in [-0.2, -0.15) is 0 Å². The number of unbranched alkanes of at least 4 members (excludes halogenated alkanes) is 5. The zero-order valence-electron chi connectivity index (χ0n) is 16.0. The first-order chi connectivity index (χ1) is 11.5. The molecule has 0 radical (unpaired) electrons. The van der Waals surface area contributed by atoms with Gasteiger partial charge < -0.3 is 18.9 Å². The van der Waals surface area contributed by atoms with Crippen LogP contribution in [0.2, 0.25) is 0 Å². The number of ketones is 1. The second kappa shape index (κ2) is 9.66. The Hall–Kier alpha value is -0.750. The maximum absolute atomic E-state index is 13.1. The number of carbonyl (C=O) groups is 1. The summed E-state index contributed by atoms with van der Waals surface area (Å²) in [5.74, 6) is -1.57. The highest BCUT2D eigenvalue weighted by molar-refractivity contribution is 6.00. The molecule has 0 aromatic rings. The van der Waals surface area contributed by atoms with Crippen molar-refractivity contribution in [2.45, 2.75) is 70.9 Å². The Labute approximate surface area is 146 Å². The number of allylic oxidation sites excluding steroid dienone is 1. The minimum atomic E-state index is -1.46. The van der Waals surface area contributed by atoms with Gasteiger partial charge in [0.15, 0.2) is 5.78 Å². The lowest BCUT2D eigenvalue weighted by atomic mass is 9.71. The first kappa shape index (κ1) is 21.3. The standard InChI is InChI=1S/C19H34O5/c1-7-8-9-10-11-12-13-18(16-14-24-16,17(20)15(2)3)19(21-4,22-5)23-6/h16H,2,7-14H2,1,3-6H3. The quantitative estimate of drug-likeness (QED) is 0.208. The van der Waals surface area contributed by atoms with Gasteiger partial charge in [0.1, 0.15) is 11.5 Å². The Morgan fingerprint density at radius 3 is 2.00 bits per heavy atom. The molecule has 140 valence electrons. The summed E-state index contributed by atoms with van der Waals surface area (Å²) in [5, 5.41) is 0. The Balaban J connectivity index is 3.01. The van der Waals surface area contributed by atoms with Gasteiger partial charge >= 0.3 is 0 Å². The molecule has 5 heteroatoms. The van der Waals surface area contributed by atoms with Crippen LogP contribution in [0.5, 0.6) is 0 Å². The zero-order valence-corrected chi connectivity index (χ0v) is 16.0. The molecular formula is C19H34O5. The first-order valence-corrected chi connectivity index (χ1v) is 8.93. The van der Waals surface area contributed by atoms with E-state index >= 15 is 0 Å². The SMILES string of the molecule is C=C(C)C(=O)C(CCCCCCCC)(C1CO1)C(OC)(OC)OC. The fraction of sp³-hybridized carbons (Fsp3) is 0.842. The lowest BCUT2D eigenvalue weighted by molar-refractivity contribution is -0.400. The van der Waals surface area contributed by atoms with Gasteiger partial charge in [0.25, 0.3) is 5.97 Å². The van der Waals surface area contributed by atoms with Crippen molar-refractivity contribution in [1.29, 1.82) is 0 Å². The average molecular weight is 342 g/mol. The smallest absolute Gasteiger partial charge is 0.298 e. The van der Waals surface area contributed by atoms with Gasteiger partial charge in [0.2, 0.25) is 0 Å². The van der Waals surface area contributed by atoms with Gasteiger partial charge in [-0.05, 0) is 18.9 Å². The predicted octanol–water partition coefficient (Wildman–Crippen LogP) is 3.86. The van der Waals surface area contributed by atoms with Crippen molar-refractivity contribution in [3.8, 4) is 0 Å². The highest BCUT2D eigenvalue weighted by atomic mass is 16.9. The van der Waals surface area contributed by atoms with Crippen molar-refractivity contribution in [3.05, 3.63) is 12.2 Å². The van der Waals surface area contributed by atoms with Crippen LogP contribution in [0.3, 0.4) is 0 Å². The molecule has 0 aromatic carbocycles. The number of ether oxygens (including phenoxy) is 4. The number of carbonyl (C=O) groups excluding carboxylic acids is 1. The second-order valence-electron chi connectivity index (χ2n) is 6.59. The molecule has 0 spiro atoms. The molecule has 1 saturated heterocycles. The third-order valence-electron chi connectivity index (χ3n) is 4.95. The van der Waals surface area contributed by atoms with Gasteiger partial charge in [-0.1, -0.05) is 52.0 Å². The number of Topliss-reactive ketones (excluding diaryl/α,β-unsaturated/α-hetero) is 1. The minimum absolute atomic E-state index is 0.107. The molecule has 1 aliphatic rings. The number of hydrogen-bond acceptors (Lipinski definition) is 5. The zero-order chi connectivity index (χ0) is 18.2. The van der Waals surface area contributed by atoms with Crippen LogP contribution < -0.4 is 0 Å². The van der Waals surface area contributed by atoms with Gasteiger partial charge in [0.05, 0.1) is 6.61 Å². The highest BCUT2D eigenvalue weighted by Gasteiger charge is 2.67. The van der Waals surface area contributed by atoms with E-state index in [0.717, 1.165) is 19.3 Å². The molecule has 1 heterocycles. The molecule has 0 aromatic heterocycles. The Bertz CT molecular complexity index is 404. The Morgan fingerprint density at radius 1 is 1.08 bits per heavy atom. The topological polar surface area (TPSA) is 57.3 Å². The van der Waals surface area contributed by atoms with E-state index in [1.165, 1.54) is 40.6 Å². The van der Waals surface area contributed by atoms with Crippen LogP contribution in [-0.2, 0) is 23.7 Å². The van der Waals surface area contributed by atoms with Crippen LogP contribution in [0.1, 0.15) is 58.8 Å². The lowest BCUT2D eigenvalue weighted by Crippen LogP contribution is -2.60. The van der Waals surface area contributed by atoms with Crippen LogP contribution in [0, 0.1) is 5.41 Å². The van der Waals surface area contributed by atoms with Crippen LogP contribution >= 0.6 is 0 Å². The van der Waals surface area contributed by atoms with Gasteiger partial charge in [-0.25, -0.2) is 0 Å². The fourth-order valence-electron chi connectivity index (χ4n) is 3.60. The van der Waals surface area contributed by atoms with E-state index in [9.17, 15) is 4.79 Å². The summed E-state index contributed by atoms with van der Waals surface area (Å²) in [5.41, 5.74) is -0.561. The summed E-state index contributed by atoms with van der Waals surface area (Å²) < 4.78 is 22.3. The normalized spacial score (nSPS) is 19.8. The van der Waals surface area contributed by atoms with Crippen molar-refractivity contribution in [2.24, 2.45) is 5.41 Å². The van der Waals surface area contributed by atoms with E-state index in [-0.39, 0.29) is 11.9 Å². The summed E-state index contributed by atoms with van der Waals surface area (Å²) in [6.07, 6.45) is 7.13. The van der Waals surface area contributed by atoms with Crippen LogP contribution in [0.25, 0.3) is 0 Å². The molecule has 0 N–H and O–H groups in total. The molecule has 0 saturated carbocycles. The first-order valence-electron chi connectivity index (χ1n) is 8.93. The molecule has 0 bridgehead atoms. The van der Waals surface area contributed by atoms with Crippen LogP contribution in [-0.4, -0.2) is 45.8 Å². The highest BCUT2D eigenvalue weighted by Crippen LogP contribution is 2.50. The molecule has 1 rings (SSSR count). The predicted molar refractivity (Wildman–Crippen MR) is 93.7 cm³/mol. The molecule has 1 aliphatic heterocycles. The molecular weight excluding hydrogens is 308 g/mol. The molecule has 2 unspecified atom stereocenters. The summed E-state index contributed by atoms with van der Waals surface area (Å²) in [6.45, 7) is 8.27. The second-order valence-corrected chi connectivity index (χ2v) is 6.59. The van der Waals surface area contributed by atoms with E-state index in [1.807, 2.05) is 0 Å². The number of methoxy groups -OCH3 is 3. The van der Waals surface area contributed by atoms with Crippen molar-refractivity contribution >= 4 is 5.78 Å². The van der Waals surface area contributed by atoms with Crippen LogP contribution in [0.15, 0.2) is 12.2 Å². The van der Waals surface area contributed by atoms with E-state index in [4.69, 9.17) is 18.9 Å². The molecule has 1 fully saturated rings. The van der Waals surface area contributed by atoms with Gasteiger partial charge in [-0.15, -0.1) is 0 Å². The van der Waals surface area contributed by atoms with E-state index < -0.39 is 11.4 Å². The summed E-state index contributed by atoms with van der Waals surface area (Å²) >= 11 is 0. The fourth-order valence-corrected chi connectivity index (χ4v) is 3.60. The maximum atomic E-state index is 13.1. The molecule has 2 atom stereocenters. The van der Waals surface area contributed by atoms with Gasteiger partial charge in [-0.3, -0.25) is 4.79 Å². The molecule has 0 amide bonds. The third kappa shape index (κ3) is 4.26. The molecule has 5 nitrogen and oxygen atoms in total. The number of rotatable bonds is 14. The Morgan fingerprint density at radius 2 is 1.58 bits per heavy atom. The van der Waals surface area contributed by atoms with Crippen molar-refractivity contribution in [1.82, 2.24) is 0 Å². The van der Waals surface area contributed by atoms with E-state index in [2.05, 4.69) is 13.5 Å². The Kier molecular flexibility index (Phi) is 8.57. The van der Waals surface area contributed by atoms with E-state index in [0.29, 0.717) is 18.6 Å². The monoisotopic (exact) mass is 342 g/mol. The largest absolute Gasteiger partial charge is 0.372 e. The van der Waals surface area contributed by atoms with Gasteiger partial charge in [0, 0.05) is 21.3 Å². The van der Waals surface area contributed by atoms with Crippen molar-refractivity contribution < 1.29 is 23.7 Å². The minimum Gasteiger partial charge on any atom is -0.372 e. The number of epoxide rings is 1. The van der Waals surface area contributed by atoms with Crippen LogP contribution in [0.4, 0.5) is 0 Å². The maximum Gasteiger partial charge on any atom is 0.298 e. The van der Waals surface area contributed by atoms with Crippen molar-refractivity contribution in [2.75, 3.05) is 27.9 Å².